The van der Waals surface area contributed by atoms with E-state index in [1.165, 1.54) is 51.4 Å². The third kappa shape index (κ3) is 21.0. The molecule has 0 aliphatic rings. The predicted molar refractivity (Wildman–Crippen MR) is 64.7 cm³/mol. The second-order valence-electron chi connectivity index (χ2n) is 4.28. The summed E-state index contributed by atoms with van der Waals surface area (Å²) < 4.78 is 0. The standard InChI is InChI=1S/C13H26O.2Na.2H/c1-3-4-5-6-7-8-9-10-11-12-13(2)14;;;;/h3-12H2,1-2H3;;;;/q;2*+1;2*-1. The zero-order valence-corrected chi connectivity index (χ0v) is 16.0. The van der Waals surface area contributed by atoms with Crippen LogP contribution in [0.3, 0.4) is 0 Å². The van der Waals surface area contributed by atoms with Crippen molar-refractivity contribution in [2.24, 2.45) is 0 Å². The van der Waals surface area contributed by atoms with E-state index in [1.54, 1.807) is 6.92 Å². The first-order chi connectivity index (χ1) is 6.77. The van der Waals surface area contributed by atoms with Gasteiger partial charge in [-0.2, -0.15) is 0 Å². The fourth-order valence-electron chi connectivity index (χ4n) is 1.68. The van der Waals surface area contributed by atoms with Gasteiger partial charge in [-0.3, -0.25) is 0 Å². The minimum absolute atomic E-state index is 0. The number of carbonyl (C=O) groups excluding carboxylic acids is 1. The summed E-state index contributed by atoms with van der Waals surface area (Å²) in [6, 6.07) is 0. The Morgan fingerprint density at radius 2 is 1.19 bits per heavy atom. The summed E-state index contributed by atoms with van der Waals surface area (Å²) in [7, 11) is 0. The fraction of sp³-hybridized carbons (Fsp3) is 0.923. The molecule has 3 heteroatoms. The van der Waals surface area contributed by atoms with Gasteiger partial charge in [0.1, 0.15) is 5.78 Å². The topological polar surface area (TPSA) is 17.1 Å². The first kappa shape index (κ1) is 22.8. The fourth-order valence-corrected chi connectivity index (χ4v) is 1.68. The third-order valence-electron chi connectivity index (χ3n) is 2.63. The molecule has 0 aliphatic carbocycles. The monoisotopic (exact) mass is 246 g/mol. The molecule has 0 aromatic rings. The zero-order valence-electron chi connectivity index (χ0n) is 14.0. The van der Waals surface area contributed by atoms with Crippen molar-refractivity contribution >= 4 is 5.78 Å². The summed E-state index contributed by atoms with van der Waals surface area (Å²) in [5.74, 6) is 0.341. The second kappa shape index (κ2) is 19.0. The Hall–Kier alpha value is 1.67. The molecule has 0 spiro atoms. The van der Waals surface area contributed by atoms with Crippen molar-refractivity contribution < 1.29 is 66.8 Å². The first-order valence-electron chi connectivity index (χ1n) is 6.26. The van der Waals surface area contributed by atoms with Crippen LogP contribution >= 0.6 is 0 Å². The van der Waals surface area contributed by atoms with Crippen LogP contribution in [0.4, 0.5) is 0 Å². The van der Waals surface area contributed by atoms with Gasteiger partial charge < -0.3 is 7.65 Å². The summed E-state index contributed by atoms with van der Waals surface area (Å²) in [4.78, 5) is 10.7. The average Bonchev–Trinajstić information content (AvgIpc) is 2.15. The van der Waals surface area contributed by atoms with Crippen molar-refractivity contribution in [3.05, 3.63) is 0 Å². The number of carbonyl (C=O) groups is 1. The van der Waals surface area contributed by atoms with Crippen LogP contribution in [0, 0.1) is 0 Å². The van der Waals surface area contributed by atoms with Gasteiger partial charge in [-0.1, -0.05) is 58.3 Å². The van der Waals surface area contributed by atoms with Gasteiger partial charge in [0.25, 0.3) is 0 Å². The van der Waals surface area contributed by atoms with Crippen molar-refractivity contribution in [3.8, 4) is 0 Å². The number of hydrogen-bond donors (Lipinski definition) is 0. The van der Waals surface area contributed by atoms with Gasteiger partial charge >= 0.3 is 59.1 Å². The SMILES string of the molecule is CCCCCCCCCCCC(C)=O.[H-].[H-].[Na+].[Na+]. The number of ketones is 1. The van der Waals surface area contributed by atoms with Crippen molar-refractivity contribution in [2.45, 2.75) is 78.1 Å². The molecule has 1 nitrogen and oxygen atoms in total. The Labute approximate surface area is 149 Å². The average molecular weight is 246 g/mol. The Balaban J connectivity index is -0.000000141. The molecule has 0 saturated carbocycles. The summed E-state index contributed by atoms with van der Waals surface area (Å²) in [5, 5.41) is 0. The second-order valence-corrected chi connectivity index (χ2v) is 4.28. The smallest absolute Gasteiger partial charge is 1.00 e. The summed E-state index contributed by atoms with van der Waals surface area (Å²) >= 11 is 0. The van der Waals surface area contributed by atoms with E-state index in [4.69, 9.17) is 0 Å². The van der Waals surface area contributed by atoms with Crippen LogP contribution in [0.25, 0.3) is 0 Å². The number of rotatable bonds is 10. The Morgan fingerprint density at radius 3 is 1.56 bits per heavy atom. The van der Waals surface area contributed by atoms with Gasteiger partial charge in [0.15, 0.2) is 0 Å². The van der Waals surface area contributed by atoms with E-state index < -0.39 is 0 Å². The van der Waals surface area contributed by atoms with Crippen LogP contribution in [0.2, 0.25) is 0 Å². The molecule has 0 aromatic heterocycles. The minimum Gasteiger partial charge on any atom is -1.00 e. The molecule has 0 saturated heterocycles. The molecule has 0 rings (SSSR count). The van der Waals surface area contributed by atoms with Gasteiger partial charge in [0.2, 0.25) is 0 Å². The maximum atomic E-state index is 10.7. The predicted octanol–water partition coefficient (Wildman–Crippen LogP) is -1.27. The molecule has 0 amide bonds. The minimum atomic E-state index is 0. The molecule has 0 fully saturated rings. The summed E-state index contributed by atoms with van der Waals surface area (Å²) in [5.41, 5.74) is 0. The van der Waals surface area contributed by atoms with Crippen LogP contribution in [-0.2, 0) is 4.79 Å². The number of unbranched alkanes of at least 4 members (excludes halogenated alkanes) is 8. The number of hydrogen-bond acceptors (Lipinski definition) is 1. The third-order valence-corrected chi connectivity index (χ3v) is 2.63. The van der Waals surface area contributed by atoms with Gasteiger partial charge in [-0.25, -0.2) is 0 Å². The van der Waals surface area contributed by atoms with Crippen LogP contribution < -0.4 is 59.1 Å². The molecule has 0 bridgehead atoms. The number of Topliss-reactive ketones (excluding diaryl/α,β-unsaturated/α-hetero) is 1. The van der Waals surface area contributed by atoms with E-state index in [1.807, 2.05) is 0 Å². The van der Waals surface area contributed by atoms with E-state index in [-0.39, 0.29) is 62.0 Å². The van der Waals surface area contributed by atoms with Gasteiger partial charge in [0, 0.05) is 6.42 Å². The Morgan fingerprint density at radius 1 is 0.812 bits per heavy atom. The van der Waals surface area contributed by atoms with Crippen LogP contribution in [0.15, 0.2) is 0 Å². The van der Waals surface area contributed by atoms with Crippen molar-refractivity contribution in [2.75, 3.05) is 0 Å². The zero-order chi connectivity index (χ0) is 10.6. The summed E-state index contributed by atoms with van der Waals surface area (Å²) in [6.07, 6.45) is 12.7. The maximum Gasteiger partial charge on any atom is 1.00 e. The largest absolute Gasteiger partial charge is 1.00 e. The summed E-state index contributed by atoms with van der Waals surface area (Å²) in [6.45, 7) is 3.94. The molecule has 0 heterocycles. The van der Waals surface area contributed by atoms with Gasteiger partial charge in [-0.05, 0) is 13.3 Å². The molecule has 0 aromatic carbocycles. The van der Waals surface area contributed by atoms with E-state index in [0.29, 0.717) is 5.78 Å². The first-order valence-corrected chi connectivity index (χ1v) is 6.26. The normalized spacial score (nSPS) is 9.12. The van der Waals surface area contributed by atoms with Crippen molar-refractivity contribution in [1.82, 2.24) is 0 Å². The maximum absolute atomic E-state index is 10.7. The van der Waals surface area contributed by atoms with E-state index >= 15 is 0 Å². The van der Waals surface area contributed by atoms with E-state index in [2.05, 4.69) is 6.92 Å². The Kier molecular flexibility index (Phi) is 27.1. The van der Waals surface area contributed by atoms with E-state index in [9.17, 15) is 4.79 Å². The molecule has 0 unspecified atom stereocenters. The van der Waals surface area contributed by atoms with Crippen molar-refractivity contribution in [3.63, 3.8) is 0 Å². The molecular formula is C13H28Na2O. The Bertz CT molecular complexity index is 147. The van der Waals surface area contributed by atoms with Gasteiger partial charge in [0.05, 0.1) is 0 Å². The van der Waals surface area contributed by atoms with Crippen LogP contribution in [0.5, 0.6) is 0 Å². The molecule has 0 N–H and O–H groups in total. The van der Waals surface area contributed by atoms with Crippen molar-refractivity contribution in [1.29, 1.82) is 0 Å². The molecule has 0 radical (unpaired) electrons. The molecule has 16 heavy (non-hydrogen) atoms. The molecule has 0 aliphatic heterocycles. The molecule has 88 valence electrons. The van der Waals surface area contributed by atoms with E-state index in [0.717, 1.165) is 12.8 Å². The quantitative estimate of drug-likeness (QED) is 0.347. The van der Waals surface area contributed by atoms with Crippen LogP contribution in [0.1, 0.15) is 80.9 Å². The molecular weight excluding hydrogens is 218 g/mol. The molecule has 0 atom stereocenters. The van der Waals surface area contributed by atoms with Crippen LogP contribution in [-0.4, -0.2) is 5.78 Å². The van der Waals surface area contributed by atoms with Gasteiger partial charge in [-0.15, -0.1) is 0 Å².